The second kappa shape index (κ2) is 8.90. The van der Waals surface area contributed by atoms with E-state index in [0.29, 0.717) is 23.5 Å². The quantitative estimate of drug-likeness (QED) is 0.599. The Kier molecular flexibility index (Phi) is 6.11. The number of esters is 1. The number of benzene rings is 2. The topological polar surface area (TPSA) is 80.6 Å². The Balaban J connectivity index is 1.58. The fraction of sp³-hybridized carbons (Fsp3) is 0.182. The molecule has 0 unspecified atom stereocenters. The van der Waals surface area contributed by atoms with Gasteiger partial charge in [0.05, 0.1) is 18.4 Å². The Morgan fingerprint density at radius 3 is 2.61 bits per heavy atom. The molecule has 0 aliphatic rings. The van der Waals surface area contributed by atoms with Crippen LogP contribution in [-0.2, 0) is 16.1 Å². The fourth-order valence-electron chi connectivity index (χ4n) is 2.68. The van der Waals surface area contributed by atoms with Gasteiger partial charge in [0.2, 0.25) is 0 Å². The molecule has 2 aromatic carbocycles. The van der Waals surface area contributed by atoms with Crippen LogP contribution in [0.5, 0.6) is 0 Å². The predicted octanol–water partition coefficient (Wildman–Crippen LogP) is 4.30. The van der Waals surface area contributed by atoms with Crippen molar-refractivity contribution >= 4 is 23.3 Å². The number of rotatable bonds is 7. The van der Waals surface area contributed by atoms with Crippen LogP contribution in [0.4, 0.5) is 11.4 Å². The minimum Gasteiger partial charge on any atom is -0.467 e. The number of para-hydroxylation sites is 1. The van der Waals surface area contributed by atoms with Crippen LogP contribution >= 0.6 is 0 Å². The first-order chi connectivity index (χ1) is 13.5. The van der Waals surface area contributed by atoms with E-state index in [0.717, 1.165) is 16.9 Å². The van der Waals surface area contributed by atoms with E-state index in [9.17, 15) is 9.59 Å². The number of carbonyl (C=O) groups is 2. The van der Waals surface area contributed by atoms with Crippen molar-refractivity contribution in [3.05, 3.63) is 83.3 Å². The maximum Gasteiger partial charge on any atom is 0.340 e. The molecule has 0 fully saturated rings. The van der Waals surface area contributed by atoms with Gasteiger partial charge in [-0.05, 0) is 55.3 Å². The van der Waals surface area contributed by atoms with Gasteiger partial charge in [-0.3, -0.25) is 4.79 Å². The van der Waals surface area contributed by atoms with Crippen molar-refractivity contribution in [2.45, 2.75) is 20.4 Å². The minimum atomic E-state index is -0.571. The monoisotopic (exact) mass is 378 g/mol. The highest BCUT2D eigenvalue weighted by Crippen LogP contribution is 2.18. The van der Waals surface area contributed by atoms with E-state index in [-0.39, 0.29) is 12.5 Å². The number of furan rings is 1. The standard InChI is InChI=1S/C22H22N2O4/c1-15-9-10-16(2)20(12-15)24-21(25)14-28-22(26)18-7-3-4-8-19(18)23-13-17-6-5-11-27-17/h3-12,23H,13-14H2,1-2H3,(H,24,25). The van der Waals surface area contributed by atoms with Crippen molar-refractivity contribution in [1.82, 2.24) is 0 Å². The Bertz CT molecular complexity index is 964. The van der Waals surface area contributed by atoms with Crippen molar-refractivity contribution in [2.24, 2.45) is 0 Å². The highest BCUT2D eigenvalue weighted by atomic mass is 16.5. The second-order valence-electron chi connectivity index (χ2n) is 6.42. The average molecular weight is 378 g/mol. The van der Waals surface area contributed by atoms with Crippen molar-refractivity contribution < 1.29 is 18.7 Å². The molecule has 144 valence electrons. The molecule has 0 bridgehead atoms. The molecule has 1 aromatic heterocycles. The van der Waals surface area contributed by atoms with Crippen LogP contribution in [0.3, 0.4) is 0 Å². The number of hydrogen-bond acceptors (Lipinski definition) is 5. The van der Waals surface area contributed by atoms with Gasteiger partial charge >= 0.3 is 5.97 Å². The van der Waals surface area contributed by atoms with E-state index in [1.807, 2.05) is 44.2 Å². The van der Waals surface area contributed by atoms with Crippen molar-refractivity contribution in [3.8, 4) is 0 Å². The van der Waals surface area contributed by atoms with E-state index < -0.39 is 5.97 Å². The lowest BCUT2D eigenvalue weighted by Crippen LogP contribution is -2.22. The molecule has 0 saturated carbocycles. The third kappa shape index (κ3) is 5.01. The summed E-state index contributed by atoms with van der Waals surface area (Å²) in [6.07, 6.45) is 1.59. The van der Waals surface area contributed by atoms with Crippen molar-refractivity contribution in [3.63, 3.8) is 0 Å². The highest BCUT2D eigenvalue weighted by molar-refractivity contribution is 5.98. The van der Waals surface area contributed by atoms with E-state index in [1.54, 1.807) is 30.5 Å². The molecule has 0 aliphatic heterocycles. The number of aryl methyl sites for hydroxylation is 2. The van der Waals surface area contributed by atoms with Gasteiger partial charge in [-0.25, -0.2) is 4.79 Å². The summed E-state index contributed by atoms with van der Waals surface area (Å²) in [5, 5.41) is 5.91. The summed E-state index contributed by atoms with van der Waals surface area (Å²) in [6, 6.07) is 16.4. The van der Waals surface area contributed by atoms with E-state index in [4.69, 9.17) is 9.15 Å². The Hall–Kier alpha value is -3.54. The van der Waals surface area contributed by atoms with Crippen LogP contribution in [-0.4, -0.2) is 18.5 Å². The molecular weight excluding hydrogens is 356 g/mol. The number of hydrogen-bond donors (Lipinski definition) is 2. The molecule has 0 atom stereocenters. The number of ether oxygens (including phenoxy) is 1. The maximum absolute atomic E-state index is 12.4. The van der Waals surface area contributed by atoms with Gasteiger partial charge in [0.25, 0.3) is 5.91 Å². The largest absolute Gasteiger partial charge is 0.467 e. The molecule has 0 spiro atoms. The second-order valence-corrected chi connectivity index (χ2v) is 6.42. The van der Waals surface area contributed by atoms with Gasteiger partial charge in [-0.1, -0.05) is 24.3 Å². The van der Waals surface area contributed by atoms with Gasteiger partial charge in [0.1, 0.15) is 5.76 Å². The molecule has 2 N–H and O–H groups in total. The zero-order valence-electron chi connectivity index (χ0n) is 15.8. The zero-order valence-corrected chi connectivity index (χ0v) is 15.8. The smallest absolute Gasteiger partial charge is 0.340 e. The van der Waals surface area contributed by atoms with Crippen LogP contribution in [0.25, 0.3) is 0 Å². The molecule has 6 nitrogen and oxygen atoms in total. The molecule has 1 heterocycles. The van der Waals surface area contributed by atoms with E-state index in [2.05, 4.69) is 10.6 Å². The molecule has 1 amide bonds. The third-order valence-corrected chi connectivity index (χ3v) is 4.18. The van der Waals surface area contributed by atoms with Gasteiger partial charge in [0, 0.05) is 11.4 Å². The summed E-state index contributed by atoms with van der Waals surface area (Å²) in [7, 11) is 0. The summed E-state index contributed by atoms with van der Waals surface area (Å²) in [5.74, 6) is -0.210. The molecule has 28 heavy (non-hydrogen) atoms. The van der Waals surface area contributed by atoms with Crippen LogP contribution in [0.1, 0.15) is 27.2 Å². The first-order valence-corrected chi connectivity index (χ1v) is 8.92. The normalized spacial score (nSPS) is 10.4. The van der Waals surface area contributed by atoms with Gasteiger partial charge < -0.3 is 19.8 Å². The molecule has 3 aromatic rings. The van der Waals surface area contributed by atoms with Crippen molar-refractivity contribution in [2.75, 3.05) is 17.2 Å². The summed E-state index contributed by atoms with van der Waals surface area (Å²) in [4.78, 5) is 24.6. The SMILES string of the molecule is Cc1ccc(C)c(NC(=O)COC(=O)c2ccccc2NCc2ccco2)c1. The first-order valence-electron chi connectivity index (χ1n) is 8.92. The van der Waals surface area contributed by atoms with Gasteiger partial charge in [0.15, 0.2) is 6.61 Å². The summed E-state index contributed by atoms with van der Waals surface area (Å²) in [6.45, 7) is 3.92. The fourth-order valence-corrected chi connectivity index (χ4v) is 2.68. The number of anilines is 2. The first kappa shape index (κ1) is 19.2. The number of nitrogens with one attached hydrogen (secondary N) is 2. The third-order valence-electron chi connectivity index (χ3n) is 4.18. The zero-order chi connectivity index (χ0) is 19.9. The molecule has 6 heteroatoms. The summed E-state index contributed by atoms with van der Waals surface area (Å²) < 4.78 is 10.5. The lowest BCUT2D eigenvalue weighted by Gasteiger charge is -2.12. The lowest BCUT2D eigenvalue weighted by atomic mass is 10.1. The van der Waals surface area contributed by atoms with Crippen LogP contribution in [0, 0.1) is 13.8 Å². The Morgan fingerprint density at radius 1 is 1.00 bits per heavy atom. The van der Waals surface area contributed by atoms with Crippen LogP contribution < -0.4 is 10.6 Å². The number of amides is 1. The van der Waals surface area contributed by atoms with Crippen LogP contribution in [0.15, 0.2) is 65.3 Å². The maximum atomic E-state index is 12.4. The van der Waals surface area contributed by atoms with Gasteiger partial charge in [-0.2, -0.15) is 0 Å². The summed E-state index contributed by atoms with van der Waals surface area (Å²) >= 11 is 0. The Labute approximate surface area is 163 Å². The minimum absolute atomic E-state index is 0.355. The predicted molar refractivity (Wildman–Crippen MR) is 107 cm³/mol. The van der Waals surface area contributed by atoms with Gasteiger partial charge in [-0.15, -0.1) is 0 Å². The molecular formula is C22H22N2O4. The number of carbonyl (C=O) groups excluding carboxylic acids is 2. The van der Waals surface area contributed by atoms with E-state index >= 15 is 0 Å². The molecule has 3 rings (SSSR count). The molecule has 0 radical (unpaired) electrons. The van der Waals surface area contributed by atoms with Crippen molar-refractivity contribution in [1.29, 1.82) is 0 Å². The summed E-state index contributed by atoms with van der Waals surface area (Å²) in [5.41, 5.74) is 3.65. The Morgan fingerprint density at radius 2 is 1.82 bits per heavy atom. The highest BCUT2D eigenvalue weighted by Gasteiger charge is 2.15. The van der Waals surface area contributed by atoms with Crippen LogP contribution in [0.2, 0.25) is 0 Å². The lowest BCUT2D eigenvalue weighted by molar-refractivity contribution is -0.119. The molecule has 0 aliphatic carbocycles. The van der Waals surface area contributed by atoms with E-state index in [1.165, 1.54) is 0 Å². The molecule has 0 saturated heterocycles. The average Bonchev–Trinajstić information content (AvgIpc) is 3.21.